The third-order valence-electron chi connectivity index (χ3n) is 5.49. The van der Waals surface area contributed by atoms with Crippen molar-refractivity contribution in [2.75, 3.05) is 13.1 Å². The van der Waals surface area contributed by atoms with E-state index in [0.717, 1.165) is 29.9 Å². The first kappa shape index (κ1) is 17.0. The number of carbonyl (C=O) groups excluding carboxylic acids is 1. The van der Waals surface area contributed by atoms with Gasteiger partial charge >= 0.3 is 0 Å². The Labute approximate surface area is 162 Å². The molecule has 7 nitrogen and oxygen atoms in total. The summed E-state index contributed by atoms with van der Waals surface area (Å²) in [5.74, 6) is 0.541. The van der Waals surface area contributed by atoms with E-state index in [2.05, 4.69) is 4.98 Å². The summed E-state index contributed by atoms with van der Waals surface area (Å²) in [5.41, 5.74) is 3.00. The van der Waals surface area contributed by atoms with Crippen LogP contribution >= 0.6 is 0 Å². The molecule has 0 spiro atoms. The zero-order chi connectivity index (χ0) is 19.4. The molecule has 144 valence electrons. The highest BCUT2D eigenvalue weighted by Gasteiger charge is 2.35. The topological polar surface area (TPSA) is 68.8 Å². The van der Waals surface area contributed by atoms with Crippen LogP contribution in [0.15, 0.2) is 41.3 Å². The van der Waals surface area contributed by atoms with Gasteiger partial charge in [0.2, 0.25) is 0 Å². The Balaban J connectivity index is 1.28. The number of imidazole rings is 1. The summed E-state index contributed by atoms with van der Waals surface area (Å²) in [6.45, 7) is 4.80. The van der Waals surface area contributed by atoms with Crippen molar-refractivity contribution in [2.24, 2.45) is 0 Å². The van der Waals surface area contributed by atoms with Crippen molar-refractivity contribution in [3.05, 3.63) is 64.0 Å². The molecule has 0 atom stereocenters. The molecule has 3 aromatic rings. The van der Waals surface area contributed by atoms with E-state index in [0.29, 0.717) is 30.6 Å². The molecule has 2 aliphatic rings. The van der Waals surface area contributed by atoms with Crippen molar-refractivity contribution in [2.45, 2.75) is 38.8 Å². The molecule has 0 radical (unpaired) electrons. The van der Waals surface area contributed by atoms with Crippen LogP contribution in [0, 0.1) is 13.8 Å². The molecule has 4 heterocycles. The number of aromatic nitrogens is 3. The first-order valence-corrected chi connectivity index (χ1v) is 9.64. The Kier molecular flexibility index (Phi) is 3.79. The Hall–Kier alpha value is -3.09. The maximum Gasteiger partial charge on any atom is 0.273 e. The van der Waals surface area contributed by atoms with Crippen LogP contribution in [0.1, 0.15) is 40.8 Å². The molecule has 7 heteroatoms. The van der Waals surface area contributed by atoms with Crippen molar-refractivity contribution >= 4 is 11.6 Å². The average molecular weight is 378 g/mol. The fourth-order valence-electron chi connectivity index (χ4n) is 3.94. The normalized spacial score (nSPS) is 17.0. The number of likely N-dealkylation sites (tertiary alicyclic amines) is 1. The zero-order valence-corrected chi connectivity index (χ0v) is 16.0. The van der Waals surface area contributed by atoms with Gasteiger partial charge in [-0.15, -0.1) is 0 Å². The molecule has 2 fully saturated rings. The molecule has 0 aromatic carbocycles. The number of carbonyl (C=O) groups is 1. The van der Waals surface area contributed by atoms with E-state index in [9.17, 15) is 9.59 Å². The minimum atomic E-state index is -0.0981. The summed E-state index contributed by atoms with van der Waals surface area (Å²) >= 11 is 0. The predicted molar refractivity (Wildman–Crippen MR) is 104 cm³/mol. The van der Waals surface area contributed by atoms with Gasteiger partial charge in [-0.25, -0.2) is 4.98 Å². The molecule has 0 N–H and O–H groups in total. The maximum absolute atomic E-state index is 12.9. The molecule has 0 bridgehead atoms. The van der Waals surface area contributed by atoms with Crippen LogP contribution in [0.5, 0.6) is 5.75 Å². The van der Waals surface area contributed by atoms with Gasteiger partial charge in [0.15, 0.2) is 0 Å². The number of ether oxygens (including phenoxy) is 1. The highest BCUT2D eigenvalue weighted by atomic mass is 16.5. The standard InChI is InChI=1S/C21H22N4O3/c1-13-9-16(10-19(26)25(13)15-6-7-15)28-17-11-23(12-17)21(27)20-14(2)22-18-5-3-4-8-24(18)20/h3-5,8-10,15,17H,6-7,11-12H2,1-2H3. The van der Waals surface area contributed by atoms with E-state index in [1.807, 2.05) is 53.3 Å². The summed E-state index contributed by atoms with van der Waals surface area (Å²) in [5, 5.41) is 0. The molecule has 0 unspecified atom stereocenters. The van der Waals surface area contributed by atoms with Crippen molar-refractivity contribution in [3.8, 4) is 5.75 Å². The van der Waals surface area contributed by atoms with Crippen LogP contribution in [-0.4, -0.2) is 44.0 Å². The Morgan fingerprint density at radius 1 is 1.18 bits per heavy atom. The number of hydrogen-bond donors (Lipinski definition) is 0. The van der Waals surface area contributed by atoms with Crippen LogP contribution in [0.25, 0.3) is 5.65 Å². The number of fused-ring (bicyclic) bond motifs is 1. The van der Waals surface area contributed by atoms with Gasteiger partial charge in [-0.3, -0.25) is 14.0 Å². The lowest BCUT2D eigenvalue weighted by Crippen LogP contribution is -2.56. The van der Waals surface area contributed by atoms with Gasteiger partial charge in [0, 0.05) is 24.0 Å². The summed E-state index contributed by atoms with van der Waals surface area (Å²) in [6, 6.07) is 9.51. The smallest absolute Gasteiger partial charge is 0.273 e. The number of amides is 1. The van der Waals surface area contributed by atoms with E-state index >= 15 is 0 Å². The summed E-state index contributed by atoms with van der Waals surface area (Å²) in [7, 11) is 0. The van der Waals surface area contributed by atoms with E-state index in [1.54, 1.807) is 11.0 Å². The summed E-state index contributed by atoms with van der Waals surface area (Å²) < 4.78 is 9.62. The number of rotatable bonds is 4. The predicted octanol–water partition coefficient (Wildman–Crippen LogP) is 2.35. The number of aryl methyl sites for hydroxylation is 2. The third kappa shape index (κ3) is 2.78. The number of hydrogen-bond acceptors (Lipinski definition) is 4. The monoisotopic (exact) mass is 378 g/mol. The largest absolute Gasteiger partial charge is 0.486 e. The average Bonchev–Trinajstić information content (AvgIpc) is 3.37. The molecule has 1 aliphatic heterocycles. The van der Waals surface area contributed by atoms with Crippen molar-refractivity contribution < 1.29 is 9.53 Å². The van der Waals surface area contributed by atoms with Gasteiger partial charge in [0.25, 0.3) is 11.5 Å². The molecule has 1 saturated heterocycles. The van der Waals surface area contributed by atoms with Crippen molar-refractivity contribution in [1.82, 2.24) is 18.9 Å². The molecule has 1 aliphatic carbocycles. The highest BCUT2D eigenvalue weighted by molar-refractivity contribution is 5.95. The van der Waals surface area contributed by atoms with Crippen molar-refractivity contribution in [3.63, 3.8) is 0 Å². The molecular weight excluding hydrogens is 356 g/mol. The molecule has 5 rings (SSSR count). The minimum Gasteiger partial charge on any atom is -0.486 e. The zero-order valence-electron chi connectivity index (χ0n) is 16.0. The van der Waals surface area contributed by atoms with Gasteiger partial charge in [-0.1, -0.05) is 6.07 Å². The van der Waals surface area contributed by atoms with Gasteiger partial charge in [-0.05, 0) is 44.9 Å². The van der Waals surface area contributed by atoms with E-state index < -0.39 is 0 Å². The van der Waals surface area contributed by atoms with Crippen LogP contribution in [0.4, 0.5) is 0 Å². The fourth-order valence-corrected chi connectivity index (χ4v) is 3.94. The van der Waals surface area contributed by atoms with Crippen LogP contribution in [-0.2, 0) is 0 Å². The summed E-state index contributed by atoms with van der Waals surface area (Å²) in [6.07, 6.45) is 3.90. The van der Waals surface area contributed by atoms with Crippen molar-refractivity contribution in [1.29, 1.82) is 0 Å². The maximum atomic E-state index is 12.9. The van der Waals surface area contributed by atoms with Gasteiger partial charge < -0.3 is 14.2 Å². The number of nitrogens with zero attached hydrogens (tertiary/aromatic N) is 4. The Bertz CT molecular complexity index is 1140. The lowest BCUT2D eigenvalue weighted by Gasteiger charge is -2.39. The molecule has 28 heavy (non-hydrogen) atoms. The minimum absolute atomic E-state index is 0.00823. The first-order valence-electron chi connectivity index (χ1n) is 9.64. The van der Waals surface area contributed by atoms with E-state index in [-0.39, 0.29) is 17.6 Å². The van der Waals surface area contributed by atoms with Gasteiger partial charge in [0.1, 0.15) is 23.2 Å². The lowest BCUT2D eigenvalue weighted by atomic mass is 10.1. The fraction of sp³-hybridized carbons (Fsp3) is 0.381. The quantitative estimate of drug-likeness (QED) is 0.699. The second kappa shape index (κ2) is 6.22. The van der Waals surface area contributed by atoms with Crippen LogP contribution in [0.2, 0.25) is 0 Å². The lowest BCUT2D eigenvalue weighted by molar-refractivity contribution is 0.0170. The molecule has 1 saturated carbocycles. The molecular formula is C21H22N4O3. The number of pyridine rings is 2. The van der Waals surface area contributed by atoms with Crippen LogP contribution in [0.3, 0.4) is 0 Å². The molecule has 1 amide bonds. The van der Waals surface area contributed by atoms with Crippen LogP contribution < -0.4 is 10.3 Å². The highest BCUT2D eigenvalue weighted by Crippen LogP contribution is 2.35. The van der Waals surface area contributed by atoms with Gasteiger partial charge in [0.05, 0.1) is 18.8 Å². The Morgan fingerprint density at radius 3 is 2.68 bits per heavy atom. The Morgan fingerprint density at radius 2 is 1.96 bits per heavy atom. The van der Waals surface area contributed by atoms with E-state index in [4.69, 9.17) is 4.74 Å². The molecule has 3 aromatic heterocycles. The summed E-state index contributed by atoms with van der Waals surface area (Å²) in [4.78, 5) is 31.5. The first-order chi connectivity index (χ1) is 13.5. The SMILES string of the molecule is Cc1nc2ccccn2c1C(=O)N1CC(Oc2cc(C)n(C3CC3)c(=O)c2)C1. The van der Waals surface area contributed by atoms with Gasteiger partial charge in [-0.2, -0.15) is 0 Å². The second-order valence-electron chi connectivity index (χ2n) is 7.70. The van der Waals surface area contributed by atoms with E-state index in [1.165, 1.54) is 0 Å². The third-order valence-corrected chi connectivity index (χ3v) is 5.49. The second-order valence-corrected chi connectivity index (χ2v) is 7.70.